The van der Waals surface area contributed by atoms with Gasteiger partial charge in [-0.1, -0.05) is 160 Å². The van der Waals surface area contributed by atoms with Gasteiger partial charge in [-0.05, 0) is 89.9 Å². The van der Waals surface area contributed by atoms with Crippen LogP contribution in [0.4, 0.5) is 0 Å². The predicted octanol–water partition coefficient (Wildman–Crippen LogP) is 11.9. The number of ether oxygens (including phenoxy) is 2. The second-order valence-electron chi connectivity index (χ2n) is 13.6. The number of hydrogen-bond acceptors (Lipinski definition) is 9. The third kappa shape index (κ3) is 45.2. The third-order valence-electron chi connectivity index (χ3n) is 7.96. The Kier molecular flexibility index (Phi) is 40.9. The molecule has 0 aromatic rings. The topological polar surface area (TPSA) is 149 Å². The fraction of sp³-hybridized carbons (Fsp3) is 0.480. The lowest BCUT2D eigenvalue weighted by atomic mass is 10.2. The summed E-state index contributed by atoms with van der Waals surface area (Å²) in [6, 6.07) is 0. The molecule has 0 rings (SSSR count). The molecule has 0 unspecified atom stereocenters. The molecule has 11 heteroatoms. The van der Waals surface area contributed by atoms with Gasteiger partial charge in [0.2, 0.25) is 0 Å². The van der Waals surface area contributed by atoms with Gasteiger partial charge in [0, 0.05) is 12.8 Å². The molecule has 0 heterocycles. The van der Waals surface area contributed by atoms with Crippen molar-refractivity contribution in [3.05, 3.63) is 146 Å². The summed E-state index contributed by atoms with van der Waals surface area (Å²) in [5.41, 5.74) is 0. The highest BCUT2D eigenvalue weighted by Gasteiger charge is 2.25. The Labute approximate surface area is 367 Å². The summed E-state index contributed by atoms with van der Waals surface area (Å²) >= 11 is 0. The molecule has 0 aliphatic carbocycles. The van der Waals surface area contributed by atoms with E-state index in [0.29, 0.717) is 12.8 Å². The van der Waals surface area contributed by atoms with E-state index < -0.39 is 58.4 Å². The van der Waals surface area contributed by atoms with Gasteiger partial charge in [-0.3, -0.25) is 18.6 Å². The van der Waals surface area contributed by atoms with Crippen LogP contribution in [0.1, 0.15) is 117 Å². The van der Waals surface area contributed by atoms with Crippen LogP contribution >= 0.6 is 7.82 Å². The molecule has 61 heavy (non-hydrogen) atoms. The smallest absolute Gasteiger partial charge is 0.463 e. The second-order valence-corrected chi connectivity index (χ2v) is 15.1. The number of phosphoric ester groups is 1. The van der Waals surface area contributed by atoms with E-state index in [9.17, 15) is 29.3 Å². The summed E-state index contributed by atoms with van der Waals surface area (Å²) in [6.07, 6.45) is 60.0. The molecule has 0 aliphatic rings. The van der Waals surface area contributed by atoms with Gasteiger partial charge in [-0.25, -0.2) is 4.57 Å². The number of carbonyl (C=O) groups is 2. The van der Waals surface area contributed by atoms with Crippen LogP contribution in [0.2, 0.25) is 0 Å². The Morgan fingerprint density at radius 3 is 0.885 bits per heavy atom. The number of esters is 2. The maximum Gasteiger partial charge on any atom is 0.472 e. The zero-order valence-electron chi connectivity index (χ0n) is 36.8. The molecule has 10 nitrogen and oxygen atoms in total. The lowest BCUT2D eigenvalue weighted by Gasteiger charge is -2.17. The summed E-state index contributed by atoms with van der Waals surface area (Å²) in [5.74, 6) is -1.06. The summed E-state index contributed by atoms with van der Waals surface area (Å²) in [5, 5.41) is 20.0. The van der Waals surface area contributed by atoms with Gasteiger partial charge in [-0.15, -0.1) is 0 Å². The summed E-state index contributed by atoms with van der Waals surface area (Å²) < 4.78 is 31.6. The van der Waals surface area contributed by atoms with Crippen LogP contribution in [0.3, 0.4) is 0 Å². The largest absolute Gasteiger partial charge is 0.472 e. The van der Waals surface area contributed by atoms with E-state index in [-0.39, 0.29) is 12.8 Å². The standard InChI is InChI=1S/C50H75O10P/c1-3-5-7-9-11-13-15-17-19-21-23-25-27-29-31-33-35-37-39-41-49(53)57-43-47(51)45-59-61(55,56)60-46-48(52)44-58-50(54)42-40-38-36-34-32-30-28-26-24-22-20-18-16-14-12-10-8-6-4-2/h5-8,11-14,17-20,23-26,29-32,35-38,47-48,51-52H,3-4,9-10,15-16,21-22,27-28,33-34,39-46H2,1-2H3,(H,55,56)/b7-5-,8-6-,13-11-,14-12-,19-17-,20-18-,25-23-,26-24-,31-29-,32-30-,37-35-,38-36-/t47-,48-/m0/s1. The van der Waals surface area contributed by atoms with Crippen molar-refractivity contribution in [2.75, 3.05) is 26.4 Å². The van der Waals surface area contributed by atoms with Crippen LogP contribution < -0.4 is 0 Å². The van der Waals surface area contributed by atoms with Gasteiger partial charge in [0.1, 0.15) is 25.4 Å². The minimum atomic E-state index is -4.65. The van der Waals surface area contributed by atoms with Gasteiger partial charge in [0.25, 0.3) is 0 Å². The lowest BCUT2D eigenvalue weighted by molar-refractivity contribution is -0.147. The average molecular weight is 867 g/mol. The van der Waals surface area contributed by atoms with Crippen molar-refractivity contribution in [1.29, 1.82) is 0 Å². The molecule has 0 aromatic carbocycles. The van der Waals surface area contributed by atoms with Gasteiger partial charge < -0.3 is 24.6 Å². The molecule has 2 atom stereocenters. The molecule has 0 spiro atoms. The number of aliphatic hydroxyl groups is 2. The first-order chi connectivity index (χ1) is 29.7. The summed E-state index contributed by atoms with van der Waals surface area (Å²) in [4.78, 5) is 33.8. The lowest BCUT2D eigenvalue weighted by Crippen LogP contribution is -2.25. The van der Waals surface area contributed by atoms with Gasteiger partial charge >= 0.3 is 19.8 Å². The zero-order valence-corrected chi connectivity index (χ0v) is 37.7. The molecule has 0 bridgehead atoms. The van der Waals surface area contributed by atoms with Gasteiger partial charge in [-0.2, -0.15) is 0 Å². The fourth-order valence-corrected chi connectivity index (χ4v) is 5.49. The Bertz CT molecular complexity index is 1400. The van der Waals surface area contributed by atoms with Crippen molar-refractivity contribution in [1.82, 2.24) is 0 Å². The Morgan fingerprint density at radius 1 is 0.410 bits per heavy atom. The molecule has 0 aliphatic heterocycles. The third-order valence-corrected chi connectivity index (χ3v) is 8.91. The minimum Gasteiger partial charge on any atom is -0.463 e. The van der Waals surface area contributed by atoms with Gasteiger partial charge in [0.05, 0.1) is 13.2 Å². The quantitative estimate of drug-likeness (QED) is 0.0311. The predicted molar refractivity (Wildman–Crippen MR) is 251 cm³/mol. The van der Waals surface area contributed by atoms with E-state index in [1.54, 1.807) is 0 Å². The first kappa shape index (κ1) is 56.9. The Balaban J connectivity index is 3.92. The molecular formula is C50H75O10P. The Hall–Kier alpha value is -4.15. The van der Waals surface area contributed by atoms with Crippen molar-refractivity contribution >= 4 is 19.8 Å². The fourth-order valence-electron chi connectivity index (χ4n) is 4.70. The Morgan fingerprint density at radius 2 is 0.639 bits per heavy atom. The van der Waals surface area contributed by atoms with Crippen LogP contribution in [-0.2, 0) is 32.7 Å². The van der Waals surface area contributed by atoms with Crippen molar-refractivity contribution in [2.45, 2.75) is 129 Å². The molecule has 0 fully saturated rings. The van der Waals surface area contributed by atoms with Gasteiger partial charge in [0.15, 0.2) is 0 Å². The van der Waals surface area contributed by atoms with Crippen LogP contribution in [0.5, 0.6) is 0 Å². The molecule has 0 saturated carbocycles. The highest BCUT2D eigenvalue weighted by Crippen LogP contribution is 2.43. The minimum absolute atomic E-state index is 0.113. The number of carbonyl (C=O) groups excluding carboxylic acids is 2. The van der Waals surface area contributed by atoms with Crippen LogP contribution in [0.25, 0.3) is 0 Å². The van der Waals surface area contributed by atoms with Crippen molar-refractivity contribution in [3.63, 3.8) is 0 Å². The maximum absolute atomic E-state index is 12.1. The summed E-state index contributed by atoms with van der Waals surface area (Å²) in [7, 11) is -4.65. The molecule has 0 amide bonds. The van der Waals surface area contributed by atoms with Crippen molar-refractivity contribution in [2.24, 2.45) is 0 Å². The first-order valence-corrected chi connectivity index (χ1v) is 23.3. The molecular weight excluding hydrogens is 792 g/mol. The van der Waals surface area contributed by atoms with E-state index in [2.05, 4.69) is 135 Å². The van der Waals surface area contributed by atoms with Crippen LogP contribution in [0.15, 0.2) is 146 Å². The van der Waals surface area contributed by atoms with E-state index in [1.165, 1.54) is 0 Å². The molecule has 0 saturated heterocycles. The van der Waals surface area contributed by atoms with Crippen molar-refractivity contribution in [3.8, 4) is 0 Å². The zero-order chi connectivity index (χ0) is 44.8. The van der Waals surface area contributed by atoms with Crippen LogP contribution in [-0.4, -0.2) is 65.7 Å². The molecule has 3 N–H and O–H groups in total. The van der Waals surface area contributed by atoms with E-state index >= 15 is 0 Å². The molecule has 0 aromatic heterocycles. The number of rotatable bonds is 38. The summed E-state index contributed by atoms with van der Waals surface area (Å²) in [6.45, 7) is 2.11. The number of phosphoric acid groups is 1. The molecule has 0 radical (unpaired) electrons. The number of aliphatic hydroxyl groups excluding tert-OH is 2. The first-order valence-electron chi connectivity index (χ1n) is 21.8. The van der Waals surface area contributed by atoms with Crippen LogP contribution in [0, 0.1) is 0 Å². The monoisotopic (exact) mass is 867 g/mol. The maximum atomic E-state index is 12.1. The number of hydrogen-bond donors (Lipinski definition) is 3. The normalized spacial score (nSPS) is 14.4. The second kappa shape index (κ2) is 43.9. The number of allylic oxidation sites excluding steroid dienone is 24. The molecule has 340 valence electrons. The highest BCUT2D eigenvalue weighted by molar-refractivity contribution is 7.47. The average Bonchev–Trinajstić information content (AvgIpc) is 3.25. The van der Waals surface area contributed by atoms with E-state index in [0.717, 1.165) is 77.0 Å². The highest BCUT2D eigenvalue weighted by atomic mass is 31.2. The van der Waals surface area contributed by atoms with E-state index in [4.69, 9.17) is 18.5 Å². The SMILES string of the molecule is CC/C=C\C/C=C\C/C=C\C/C=C\C/C=C\C/C=C\CCC(=O)OC[C@H](O)COP(=O)(O)OC[C@@H](O)COC(=O)CC/C=C\C/C=C\C/C=C\C/C=C\C/C=C\C/C=C\CC. The van der Waals surface area contributed by atoms with Crippen molar-refractivity contribution < 1.29 is 47.8 Å². The van der Waals surface area contributed by atoms with E-state index in [1.807, 2.05) is 24.3 Å².